The predicted octanol–water partition coefficient (Wildman–Crippen LogP) is 3.47. The highest BCUT2D eigenvalue weighted by molar-refractivity contribution is 7.89. The second kappa shape index (κ2) is 7.57. The van der Waals surface area contributed by atoms with Gasteiger partial charge >= 0.3 is 0 Å². The van der Waals surface area contributed by atoms with Crippen molar-refractivity contribution in [2.45, 2.75) is 25.2 Å². The van der Waals surface area contributed by atoms with Gasteiger partial charge in [-0.3, -0.25) is 9.78 Å². The van der Waals surface area contributed by atoms with Gasteiger partial charge in [0.25, 0.3) is 5.91 Å². The molecule has 29 heavy (non-hydrogen) atoms. The summed E-state index contributed by atoms with van der Waals surface area (Å²) in [6.07, 6.45) is 2.28. The lowest BCUT2D eigenvalue weighted by atomic mass is 10.1. The molecule has 0 bridgehead atoms. The summed E-state index contributed by atoms with van der Waals surface area (Å²) in [5, 5.41) is 0.814. The molecule has 4 rings (SSSR count). The van der Waals surface area contributed by atoms with Gasteiger partial charge in [0.1, 0.15) is 0 Å². The van der Waals surface area contributed by atoms with Crippen molar-refractivity contribution < 1.29 is 13.2 Å². The Kier molecular flexibility index (Phi) is 5.10. The first-order valence-electron chi connectivity index (χ1n) is 9.76. The smallest absolute Gasteiger partial charge is 0.259 e. The largest absolute Gasteiger partial charge is 0.308 e. The summed E-state index contributed by atoms with van der Waals surface area (Å²) in [7, 11) is -3.52. The van der Waals surface area contributed by atoms with Gasteiger partial charge in [0.2, 0.25) is 10.0 Å². The molecule has 0 radical (unpaired) electrons. The molecule has 0 N–H and O–H groups in total. The van der Waals surface area contributed by atoms with Crippen LogP contribution in [0.2, 0.25) is 0 Å². The third kappa shape index (κ3) is 3.30. The zero-order valence-electron chi connectivity index (χ0n) is 16.5. The van der Waals surface area contributed by atoms with Crippen LogP contribution in [0, 0.1) is 0 Å². The second-order valence-electron chi connectivity index (χ2n) is 6.96. The number of carbonyl (C=O) groups excluding carboxylic acids is 1. The normalized spacial score (nSPS) is 13.8. The number of carbonyl (C=O) groups is 1. The van der Waals surface area contributed by atoms with Crippen molar-refractivity contribution in [2.24, 2.45) is 0 Å². The molecule has 1 aliphatic rings. The number of benzene rings is 2. The Balaban J connectivity index is 1.70. The SMILES string of the molecule is CCN(CC)S(=O)(=O)c1ccc2c(c1)CCN2C(=O)c1ccnc2ccccc12. The highest BCUT2D eigenvalue weighted by Crippen LogP contribution is 2.33. The highest BCUT2D eigenvalue weighted by Gasteiger charge is 2.29. The quantitative estimate of drug-likeness (QED) is 0.647. The molecule has 0 unspecified atom stereocenters. The van der Waals surface area contributed by atoms with Crippen LogP contribution in [-0.2, 0) is 16.4 Å². The van der Waals surface area contributed by atoms with Crippen molar-refractivity contribution in [3.63, 3.8) is 0 Å². The van der Waals surface area contributed by atoms with E-state index in [-0.39, 0.29) is 10.8 Å². The molecule has 2 heterocycles. The molecule has 0 saturated carbocycles. The summed E-state index contributed by atoms with van der Waals surface area (Å²) in [5.41, 5.74) is 3.03. The highest BCUT2D eigenvalue weighted by atomic mass is 32.2. The zero-order valence-corrected chi connectivity index (χ0v) is 17.3. The Bertz CT molecular complexity index is 1180. The molecule has 1 aromatic heterocycles. The van der Waals surface area contributed by atoms with Crippen LogP contribution in [0.3, 0.4) is 0 Å². The van der Waals surface area contributed by atoms with Crippen LogP contribution in [0.1, 0.15) is 29.8 Å². The molecular formula is C22H23N3O3S. The standard InChI is InChI=1S/C22H23N3O3S/c1-3-24(4-2)29(27,28)17-9-10-21-16(15-17)12-14-25(21)22(26)19-11-13-23-20-8-6-5-7-18(19)20/h5-11,13,15H,3-4,12,14H2,1-2H3. The molecule has 0 atom stereocenters. The first kappa shape index (κ1) is 19.5. The third-order valence-corrected chi connectivity index (χ3v) is 7.46. The molecule has 0 saturated heterocycles. The van der Waals surface area contributed by atoms with Gasteiger partial charge in [0, 0.05) is 36.9 Å². The van der Waals surface area contributed by atoms with E-state index in [4.69, 9.17) is 0 Å². The molecule has 1 amide bonds. The van der Waals surface area contributed by atoms with Crippen LogP contribution in [0.4, 0.5) is 5.69 Å². The van der Waals surface area contributed by atoms with E-state index in [1.807, 2.05) is 38.1 Å². The lowest BCUT2D eigenvalue weighted by Crippen LogP contribution is -2.31. The number of para-hydroxylation sites is 1. The van der Waals surface area contributed by atoms with E-state index in [9.17, 15) is 13.2 Å². The maximum absolute atomic E-state index is 13.3. The molecule has 0 spiro atoms. The van der Waals surface area contributed by atoms with E-state index in [0.717, 1.165) is 22.2 Å². The van der Waals surface area contributed by atoms with Gasteiger partial charge in [0.05, 0.1) is 16.0 Å². The van der Waals surface area contributed by atoms with Crippen molar-refractivity contribution in [1.82, 2.24) is 9.29 Å². The number of fused-ring (bicyclic) bond motifs is 2. The lowest BCUT2D eigenvalue weighted by molar-refractivity contribution is 0.0991. The topological polar surface area (TPSA) is 70.6 Å². The van der Waals surface area contributed by atoms with Crippen LogP contribution >= 0.6 is 0 Å². The van der Waals surface area contributed by atoms with E-state index in [1.165, 1.54) is 4.31 Å². The van der Waals surface area contributed by atoms with Crippen molar-refractivity contribution in [3.05, 3.63) is 65.9 Å². The summed E-state index contributed by atoms with van der Waals surface area (Å²) < 4.78 is 27.1. The summed E-state index contributed by atoms with van der Waals surface area (Å²) >= 11 is 0. The van der Waals surface area contributed by atoms with Gasteiger partial charge in [-0.25, -0.2) is 8.42 Å². The number of nitrogens with zero attached hydrogens (tertiary/aromatic N) is 3. The number of hydrogen-bond acceptors (Lipinski definition) is 4. The number of sulfonamides is 1. The molecule has 150 valence electrons. The monoisotopic (exact) mass is 409 g/mol. The number of aromatic nitrogens is 1. The van der Waals surface area contributed by atoms with Crippen LogP contribution in [0.15, 0.2) is 59.6 Å². The number of amides is 1. The minimum Gasteiger partial charge on any atom is -0.308 e. The maximum atomic E-state index is 13.3. The fraction of sp³-hybridized carbons (Fsp3) is 0.273. The first-order chi connectivity index (χ1) is 14.0. The van der Waals surface area contributed by atoms with Gasteiger partial charge in [-0.15, -0.1) is 0 Å². The maximum Gasteiger partial charge on any atom is 0.259 e. The summed E-state index contributed by atoms with van der Waals surface area (Å²) in [5.74, 6) is -0.0956. The van der Waals surface area contributed by atoms with Gasteiger partial charge in [-0.05, 0) is 42.3 Å². The minimum absolute atomic E-state index is 0.0956. The number of pyridine rings is 1. The Morgan fingerprint density at radius 3 is 2.62 bits per heavy atom. The van der Waals surface area contributed by atoms with Crippen LogP contribution in [0.25, 0.3) is 10.9 Å². The van der Waals surface area contributed by atoms with E-state index in [0.29, 0.717) is 31.6 Å². The molecule has 3 aromatic rings. The predicted molar refractivity (Wildman–Crippen MR) is 114 cm³/mol. The van der Waals surface area contributed by atoms with Gasteiger partial charge in [-0.2, -0.15) is 4.31 Å². The molecular weight excluding hydrogens is 386 g/mol. The third-order valence-electron chi connectivity index (χ3n) is 5.41. The van der Waals surface area contributed by atoms with Crippen molar-refractivity contribution in [3.8, 4) is 0 Å². The average molecular weight is 410 g/mol. The lowest BCUT2D eigenvalue weighted by Gasteiger charge is -2.20. The van der Waals surface area contributed by atoms with Gasteiger partial charge in [0.15, 0.2) is 0 Å². The van der Waals surface area contributed by atoms with E-state index in [1.54, 1.807) is 35.4 Å². The van der Waals surface area contributed by atoms with Gasteiger partial charge in [-0.1, -0.05) is 32.0 Å². The van der Waals surface area contributed by atoms with Crippen molar-refractivity contribution >= 4 is 32.5 Å². The average Bonchev–Trinajstić information content (AvgIpc) is 3.17. The molecule has 6 nitrogen and oxygen atoms in total. The summed E-state index contributed by atoms with van der Waals surface area (Å²) in [6.45, 7) is 5.03. The Morgan fingerprint density at radius 2 is 1.86 bits per heavy atom. The minimum atomic E-state index is -3.52. The van der Waals surface area contributed by atoms with Crippen LogP contribution in [0.5, 0.6) is 0 Å². The Morgan fingerprint density at radius 1 is 1.10 bits per heavy atom. The summed E-state index contributed by atoms with van der Waals surface area (Å²) in [6, 6.07) is 14.4. The molecule has 2 aromatic carbocycles. The van der Waals surface area contributed by atoms with Crippen LogP contribution in [-0.4, -0.2) is 43.2 Å². The second-order valence-corrected chi connectivity index (χ2v) is 8.90. The fourth-order valence-electron chi connectivity index (χ4n) is 3.89. The van der Waals surface area contributed by atoms with Crippen molar-refractivity contribution in [2.75, 3.05) is 24.5 Å². The van der Waals surface area contributed by atoms with E-state index in [2.05, 4.69) is 4.98 Å². The molecule has 1 aliphatic heterocycles. The van der Waals surface area contributed by atoms with E-state index < -0.39 is 10.0 Å². The zero-order chi connectivity index (χ0) is 20.6. The number of hydrogen-bond donors (Lipinski definition) is 0. The number of anilines is 1. The van der Waals surface area contributed by atoms with Crippen LogP contribution < -0.4 is 4.90 Å². The molecule has 0 fully saturated rings. The van der Waals surface area contributed by atoms with Crippen molar-refractivity contribution in [1.29, 1.82) is 0 Å². The van der Waals surface area contributed by atoms with Gasteiger partial charge < -0.3 is 4.90 Å². The molecule has 7 heteroatoms. The molecule has 0 aliphatic carbocycles. The number of rotatable bonds is 5. The fourth-order valence-corrected chi connectivity index (χ4v) is 5.40. The first-order valence-corrected chi connectivity index (χ1v) is 11.2. The summed E-state index contributed by atoms with van der Waals surface area (Å²) in [4.78, 5) is 19.6. The Hall–Kier alpha value is -2.77. The Labute approximate surface area is 170 Å². The van der Waals surface area contributed by atoms with E-state index >= 15 is 0 Å².